The van der Waals surface area contributed by atoms with Crippen LogP contribution in [0, 0.1) is 6.92 Å². The van der Waals surface area contributed by atoms with Crippen LogP contribution in [0.1, 0.15) is 30.0 Å². The van der Waals surface area contributed by atoms with E-state index in [-0.39, 0.29) is 5.56 Å². The summed E-state index contributed by atoms with van der Waals surface area (Å²) >= 11 is 0. The van der Waals surface area contributed by atoms with Gasteiger partial charge in [-0.3, -0.25) is 0 Å². The minimum atomic E-state index is -2.40. The molecule has 0 saturated heterocycles. The van der Waals surface area contributed by atoms with Crippen molar-refractivity contribution >= 4 is 5.57 Å². The van der Waals surface area contributed by atoms with Crippen molar-refractivity contribution in [2.45, 2.75) is 20.3 Å². The highest BCUT2D eigenvalue weighted by Gasteiger charge is 2.12. The van der Waals surface area contributed by atoms with Crippen molar-refractivity contribution in [1.82, 2.24) is 0 Å². The first-order valence-electron chi connectivity index (χ1n) is 4.07. The molecule has 2 heteroatoms. The molecule has 0 spiro atoms. The topological polar surface area (TPSA) is 0 Å². The van der Waals surface area contributed by atoms with E-state index in [1.54, 1.807) is 13.0 Å². The van der Waals surface area contributed by atoms with Crippen LogP contribution in [-0.2, 0) is 0 Å². The number of rotatable bonds is 2. The third kappa shape index (κ3) is 1.94. The number of halogens is 2. The Morgan fingerprint density at radius 2 is 2.00 bits per heavy atom. The van der Waals surface area contributed by atoms with Gasteiger partial charge in [0.25, 0.3) is 6.43 Å². The van der Waals surface area contributed by atoms with Gasteiger partial charge in [-0.1, -0.05) is 30.4 Å². The predicted molar refractivity (Wildman–Crippen MR) is 50.8 cm³/mol. The molecule has 0 amide bonds. The maximum atomic E-state index is 12.4. The Balaban J connectivity index is 3.26. The molecule has 1 aromatic carbocycles. The van der Waals surface area contributed by atoms with E-state index >= 15 is 0 Å². The number of benzene rings is 1. The normalized spacial score (nSPS) is 10.5. The second-order valence-electron chi connectivity index (χ2n) is 3.10. The average molecular weight is 182 g/mol. The summed E-state index contributed by atoms with van der Waals surface area (Å²) in [6, 6.07) is 4.90. The van der Waals surface area contributed by atoms with Crippen LogP contribution in [0.5, 0.6) is 0 Å². The lowest BCUT2D eigenvalue weighted by Crippen LogP contribution is -1.93. The molecule has 1 aromatic rings. The van der Waals surface area contributed by atoms with Crippen molar-refractivity contribution < 1.29 is 8.78 Å². The minimum absolute atomic E-state index is 0.0977. The van der Waals surface area contributed by atoms with E-state index in [1.807, 2.05) is 13.0 Å². The lowest BCUT2D eigenvalue weighted by molar-refractivity contribution is 0.150. The molecular formula is C11H12F2. The Hall–Kier alpha value is -1.18. The van der Waals surface area contributed by atoms with Gasteiger partial charge in [-0.25, -0.2) is 8.78 Å². The standard InChI is InChI=1S/C11H12F2/c1-7(2)9-5-4-6-10(8(9)3)11(12)13/h4-6,11H,1H2,2-3H3. The lowest BCUT2D eigenvalue weighted by atomic mass is 9.98. The lowest BCUT2D eigenvalue weighted by Gasteiger charge is -2.09. The van der Waals surface area contributed by atoms with Gasteiger partial charge in [0.2, 0.25) is 0 Å². The summed E-state index contributed by atoms with van der Waals surface area (Å²) in [5.41, 5.74) is 2.36. The fourth-order valence-electron chi connectivity index (χ4n) is 1.35. The zero-order valence-electron chi connectivity index (χ0n) is 7.77. The highest BCUT2D eigenvalue weighted by molar-refractivity contribution is 5.65. The van der Waals surface area contributed by atoms with Gasteiger partial charge in [0.1, 0.15) is 0 Å². The molecule has 0 nitrogen and oxygen atoms in total. The summed E-state index contributed by atoms with van der Waals surface area (Å²) in [4.78, 5) is 0. The minimum Gasteiger partial charge on any atom is -0.205 e. The van der Waals surface area contributed by atoms with Crippen molar-refractivity contribution in [3.05, 3.63) is 41.5 Å². The van der Waals surface area contributed by atoms with Gasteiger partial charge in [0.05, 0.1) is 0 Å². The van der Waals surface area contributed by atoms with E-state index in [0.717, 1.165) is 11.1 Å². The maximum absolute atomic E-state index is 12.4. The quantitative estimate of drug-likeness (QED) is 0.649. The van der Waals surface area contributed by atoms with Gasteiger partial charge in [-0.15, -0.1) is 0 Å². The molecule has 0 saturated carbocycles. The van der Waals surface area contributed by atoms with Crippen molar-refractivity contribution in [1.29, 1.82) is 0 Å². The molecule has 0 unspecified atom stereocenters. The third-order valence-corrected chi connectivity index (χ3v) is 2.07. The molecule has 0 bridgehead atoms. The Morgan fingerprint density at radius 3 is 2.46 bits per heavy atom. The van der Waals surface area contributed by atoms with Crippen LogP contribution in [0.25, 0.3) is 5.57 Å². The van der Waals surface area contributed by atoms with Gasteiger partial charge >= 0.3 is 0 Å². The Morgan fingerprint density at radius 1 is 1.38 bits per heavy atom. The second kappa shape index (κ2) is 3.69. The third-order valence-electron chi connectivity index (χ3n) is 2.07. The van der Waals surface area contributed by atoms with Gasteiger partial charge in [0.15, 0.2) is 0 Å². The Bertz CT molecular complexity index is 327. The summed E-state index contributed by atoms with van der Waals surface area (Å²) < 4.78 is 24.9. The zero-order chi connectivity index (χ0) is 10.0. The molecule has 0 N–H and O–H groups in total. The Kier molecular flexibility index (Phi) is 2.81. The van der Waals surface area contributed by atoms with Gasteiger partial charge in [0, 0.05) is 5.56 Å². The molecule has 1 rings (SSSR count). The molecule has 0 heterocycles. The second-order valence-corrected chi connectivity index (χ2v) is 3.10. The molecule has 0 fully saturated rings. The van der Waals surface area contributed by atoms with Crippen molar-refractivity contribution in [3.63, 3.8) is 0 Å². The average Bonchev–Trinajstić information content (AvgIpc) is 2.03. The van der Waals surface area contributed by atoms with Crippen molar-refractivity contribution in [2.75, 3.05) is 0 Å². The first-order valence-corrected chi connectivity index (χ1v) is 4.07. The molecule has 0 aliphatic carbocycles. The van der Waals surface area contributed by atoms with Crippen molar-refractivity contribution in [3.8, 4) is 0 Å². The van der Waals surface area contributed by atoms with Crippen LogP contribution >= 0.6 is 0 Å². The smallest absolute Gasteiger partial charge is 0.205 e. The fourth-order valence-corrected chi connectivity index (χ4v) is 1.35. The van der Waals surface area contributed by atoms with Gasteiger partial charge in [-0.05, 0) is 25.0 Å². The van der Waals surface area contributed by atoms with E-state index in [2.05, 4.69) is 6.58 Å². The number of alkyl halides is 2. The summed E-state index contributed by atoms with van der Waals surface area (Å²) in [5.74, 6) is 0. The SMILES string of the molecule is C=C(C)c1cccc(C(F)F)c1C. The summed E-state index contributed by atoms with van der Waals surface area (Å²) in [5, 5.41) is 0. The molecule has 0 aliphatic rings. The molecular weight excluding hydrogens is 170 g/mol. The number of allylic oxidation sites excluding steroid dienone is 1. The van der Waals surface area contributed by atoms with Crippen LogP contribution in [0.2, 0.25) is 0 Å². The van der Waals surface area contributed by atoms with Crippen LogP contribution in [0.3, 0.4) is 0 Å². The van der Waals surface area contributed by atoms with E-state index in [4.69, 9.17) is 0 Å². The van der Waals surface area contributed by atoms with Crippen LogP contribution in [-0.4, -0.2) is 0 Å². The van der Waals surface area contributed by atoms with E-state index in [9.17, 15) is 8.78 Å². The monoisotopic (exact) mass is 182 g/mol. The highest BCUT2D eigenvalue weighted by atomic mass is 19.3. The molecule has 70 valence electrons. The summed E-state index contributed by atoms with van der Waals surface area (Å²) in [6.45, 7) is 7.26. The first-order chi connectivity index (χ1) is 6.04. The molecule has 13 heavy (non-hydrogen) atoms. The van der Waals surface area contributed by atoms with Crippen molar-refractivity contribution in [2.24, 2.45) is 0 Å². The number of hydrogen-bond donors (Lipinski definition) is 0. The molecule has 0 aromatic heterocycles. The first kappa shape index (κ1) is 9.90. The highest BCUT2D eigenvalue weighted by Crippen LogP contribution is 2.27. The predicted octanol–water partition coefficient (Wildman–Crippen LogP) is 3.97. The Labute approximate surface area is 76.9 Å². The molecule has 0 radical (unpaired) electrons. The number of hydrogen-bond acceptors (Lipinski definition) is 0. The van der Waals surface area contributed by atoms with Crippen LogP contribution < -0.4 is 0 Å². The fraction of sp³-hybridized carbons (Fsp3) is 0.273. The van der Waals surface area contributed by atoms with Crippen LogP contribution in [0.4, 0.5) is 8.78 Å². The zero-order valence-corrected chi connectivity index (χ0v) is 7.77. The summed E-state index contributed by atoms with van der Waals surface area (Å²) in [7, 11) is 0. The van der Waals surface area contributed by atoms with E-state index in [1.165, 1.54) is 6.07 Å². The van der Waals surface area contributed by atoms with Gasteiger partial charge < -0.3 is 0 Å². The van der Waals surface area contributed by atoms with E-state index < -0.39 is 6.43 Å². The summed E-state index contributed by atoms with van der Waals surface area (Å²) in [6.07, 6.45) is -2.40. The molecule has 0 atom stereocenters. The largest absolute Gasteiger partial charge is 0.264 e. The van der Waals surface area contributed by atoms with E-state index in [0.29, 0.717) is 5.56 Å². The maximum Gasteiger partial charge on any atom is 0.264 e. The van der Waals surface area contributed by atoms with Gasteiger partial charge in [-0.2, -0.15) is 0 Å². The molecule has 0 aliphatic heterocycles. The van der Waals surface area contributed by atoms with Crippen LogP contribution in [0.15, 0.2) is 24.8 Å².